The summed E-state index contributed by atoms with van der Waals surface area (Å²) in [5, 5.41) is 0. The summed E-state index contributed by atoms with van der Waals surface area (Å²) in [6.45, 7) is 8.02. The van der Waals surface area contributed by atoms with Crippen molar-refractivity contribution in [1.82, 2.24) is 14.6 Å². The predicted octanol–water partition coefficient (Wildman–Crippen LogP) is 2.39. The molecule has 2 heterocycles. The highest BCUT2D eigenvalue weighted by Crippen LogP contribution is 2.10. The zero-order chi connectivity index (χ0) is 11.7. The van der Waals surface area contributed by atoms with Gasteiger partial charge in [0.1, 0.15) is 0 Å². The fourth-order valence-corrected chi connectivity index (χ4v) is 1.56. The molecule has 0 saturated carbocycles. The molecule has 0 spiro atoms. The average Bonchev–Trinajstić information content (AvgIpc) is 2.55. The second kappa shape index (κ2) is 3.96. The van der Waals surface area contributed by atoms with Gasteiger partial charge >= 0.3 is 0 Å². The summed E-state index contributed by atoms with van der Waals surface area (Å²) in [5.74, 6) is 0.769. The van der Waals surface area contributed by atoms with E-state index in [1.807, 2.05) is 18.5 Å². The van der Waals surface area contributed by atoms with Gasteiger partial charge in [0.15, 0.2) is 5.82 Å². The van der Waals surface area contributed by atoms with Crippen LogP contribution in [0.3, 0.4) is 0 Å². The second-order valence-corrected chi connectivity index (χ2v) is 3.99. The van der Waals surface area contributed by atoms with Gasteiger partial charge in [0.05, 0.1) is 17.6 Å². The lowest BCUT2D eigenvalue weighted by Crippen LogP contribution is -2.14. The first-order valence-corrected chi connectivity index (χ1v) is 5.30. The van der Waals surface area contributed by atoms with Crippen LogP contribution in [0.1, 0.15) is 22.8 Å². The largest absolute Gasteiger partial charge is 0.276 e. The molecule has 84 valence electrons. The standard InChI is InChI=1S/C12H16N4/c1-8-5-6-9(2)16(8)15-12-7-13-10(3)11(4)14-12/h5-7H,1-4H3,(H,14,15). The first-order valence-electron chi connectivity index (χ1n) is 5.30. The summed E-state index contributed by atoms with van der Waals surface area (Å²) in [4.78, 5) is 8.72. The van der Waals surface area contributed by atoms with Gasteiger partial charge in [-0.2, -0.15) is 0 Å². The molecule has 4 heteroatoms. The third-order valence-corrected chi connectivity index (χ3v) is 2.69. The maximum atomic E-state index is 4.44. The molecule has 0 aliphatic rings. The molecule has 0 amide bonds. The van der Waals surface area contributed by atoms with E-state index in [4.69, 9.17) is 0 Å². The normalized spacial score (nSPS) is 10.5. The smallest absolute Gasteiger partial charge is 0.163 e. The molecule has 0 bridgehead atoms. The quantitative estimate of drug-likeness (QED) is 0.838. The van der Waals surface area contributed by atoms with Crippen molar-refractivity contribution in [3.05, 3.63) is 41.1 Å². The van der Waals surface area contributed by atoms with Gasteiger partial charge in [-0.15, -0.1) is 0 Å². The lowest BCUT2D eigenvalue weighted by atomic mass is 10.3. The highest BCUT2D eigenvalue weighted by molar-refractivity contribution is 5.35. The molecule has 0 fully saturated rings. The molecule has 1 N–H and O–H groups in total. The minimum absolute atomic E-state index is 0.769. The lowest BCUT2D eigenvalue weighted by molar-refractivity contribution is 0.861. The third kappa shape index (κ3) is 1.91. The van der Waals surface area contributed by atoms with Gasteiger partial charge in [-0.25, -0.2) is 4.98 Å². The van der Waals surface area contributed by atoms with E-state index >= 15 is 0 Å². The van der Waals surface area contributed by atoms with E-state index in [2.05, 4.69) is 41.4 Å². The number of rotatable bonds is 2. The van der Waals surface area contributed by atoms with Crippen molar-refractivity contribution in [1.29, 1.82) is 0 Å². The van der Waals surface area contributed by atoms with E-state index in [1.165, 1.54) is 0 Å². The molecule has 4 nitrogen and oxygen atoms in total. The van der Waals surface area contributed by atoms with E-state index < -0.39 is 0 Å². The van der Waals surface area contributed by atoms with Gasteiger partial charge in [0.25, 0.3) is 0 Å². The molecule has 16 heavy (non-hydrogen) atoms. The number of aryl methyl sites for hydroxylation is 4. The summed E-state index contributed by atoms with van der Waals surface area (Å²) in [7, 11) is 0. The van der Waals surface area contributed by atoms with E-state index in [9.17, 15) is 0 Å². The van der Waals surface area contributed by atoms with Crippen LogP contribution in [0.15, 0.2) is 18.3 Å². The van der Waals surface area contributed by atoms with Gasteiger partial charge < -0.3 is 0 Å². The Balaban J connectivity index is 2.31. The summed E-state index contributed by atoms with van der Waals surface area (Å²) in [6, 6.07) is 4.13. The Hall–Kier alpha value is -1.84. The van der Waals surface area contributed by atoms with Gasteiger partial charge in [0.2, 0.25) is 0 Å². The minimum atomic E-state index is 0.769. The molecule has 0 saturated heterocycles. The summed E-state index contributed by atoms with van der Waals surface area (Å²) < 4.78 is 2.00. The molecule has 0 aromatic carbocycles. The van der Waals surface area contributed by atoms with Gasteiger partial charge in [0, 0.05) is 11.4 Å². The molecule has 0 radical (unpaired) electrons. The first kappa shape index (κ1) is 10.7. The number of hydrogen-bond donors (Lipinski definition) is 1. The van der Waals surface area contributed by atoms with Crippen LogP contribution in [0.4, 0.5) is 5.82 Å². The van der Waals surface area contributed by atoms with E-state index in [-0.39, 0.29) is 0 Å². The molecular formula is C12H16N4. The Morgan fingerprint density at radius 3 is 2.19 bits per heavy atom. The highest BCUT2D eigenvalue weighted by atomic mass is 15.4. The van der Waals surface area contributed by atoms with Crippen molar-refractivity contribution in [3.63, 3.8) is 0 Å². The topological polar surface area (TPSA) is 42.7 Å². The maximum absolute atomic E-state index is 4.44. The Kier molecular flexibility index (Phi) is 2.64. The van der Waals surface area contributed by atoms with Crippen LogP contribution >= 0.6 is 0 Å². The number of aromatic nitrogens is 3. The second-order valence-electron chi connectivity index (χ2n) is 3.99. The maximum Gasteiger partial charge on any atom is 0.163 e. The van der Waals surface area contributed by atoms with Crippen LogP contribution in [0.2, 0.25) is 0 Å². The summed E-state index contributed by atoms with van der Waals surface area (Å²) >= 11 is 0. The fraction of sp³-hybridized carbons (Fsp3) is 0.333. The Labute approximate surface area is 95.3 Å². The molecule has 0 aliphatic carbocycles. The van der Waals surface area contributed by atoms with Crippen molar-refractivity contribution in [2.75, 3.05) is 5.43 Å². The molecule has 0 atom stereocenters. The van der Waals surface area contributed by atoms with Gasteiger partial charge in [-0.3, -0.25) is 15.1 Å². The van der Waals surface area contributed by atoms with E-state index in [0.717, 1.165) is 28.6 Å². The number of hydrogen-bond acceptors (Lipinski definition) is 3. The Bertz CT molecular complexity index is 494. The highest BCUT2D eigenvalue weighted by Gasteiger charge is 2.03. The summed E-state index contributed by atoms with van der Waals surface area (Å²) in [6.07, 6.45) is 1.75. The first-order chi connectivity index (χ1) is 7.58. The predicted molar refractivity (Wildman–Crippen MR) is 64.4 cm³/mol. The van der Waals surface area contributed by atoms with Crippen LogP contribution in [0.5, 0.6) is 0 Å². The van der Waals surface area contributed by atoms with Crippen LogP contribution in [0.25, 0.3) is 0 Å². The van der Waals surface area contributed by atoms with Crippen molar-refractivity contribution in [2.24, 2.45) is 0 Å². The van der Waals surface area contributed by atoms with E-state index in [0.29, 0.717) is 0 Å². The fourth-order valence-electron chi connectivity index (χ4n) is 1.56. The van der Waals surface area contributed by atoms with Crippen LogP contribution in [-0.4, -0.2) is 14.6 Å². The zero-order valence-electron chi connectivity index (χ0n) is 10.1. The Morgan fingerprint density at radius 1 is 1.00 bits per heavy atom. The van der Waals surface area contributed by atoms with Crippen molar-refractivity contribution in [2.45, 2.75) is 27.7 Å². The SMILES string of the molecule is Cc1ncc(Nn2c(C)ccc2C)nc1C. The van der Waals surface area contributed by atoms with Crippen molar-refractivity contribution >= 4 is 5.82 Å². The van der Waals surface area contributed by atoms with Crippen molar-refractivity contribution < 1.29 is 0 Å². The monoisotopic (exact) mass is 216 g/mol. The van der Waals surface area contributed by atoms with Crippen LogP contribution < -0.4 is 5.43 Å². The van der Waals surface area contributed by atoms with Gasteiger partial charge in [-0.05, 0) is 39.8 Å². The molecule has 2 aromatic heterocycles. The lowest BCUT2D eigenvalue weighted by Gasteiger charge is -2.12. The van der Waals surface area contributed by atoms with Crippen LogP contribution in [-0.2, 0) is 0 Å². The Morgan fingerprint density at radius 2 is 1.62 bits per heavy atom. The minimum Gasteiger partial charge on any atom is -0.276 e. The molecule has 0 aliphatic heterocycles. The van der Waals surface area contributed by atoms with E-state index in [1.54, 1.807) is 6.20 Å². The van der Waals surface area contributed by atoms with Gasteiger partial charge in [-0.1, -0.05) is 0 Å². The third-order valence-electron chi connectivity index (χ3n) is 2.69. The van der Waals surface area contributed by atoms with Crippen molar-refractivity contribution in [3.8, 4) is 0 Å². The number of anilines is 1. The molecule has 2 rings (SSSR count). The number of nitrogens with zero attached hydrogens (tertiary/aromatic N) is 3. The molecule has 2 aromatic rings. The average molecular weight is 216 g/mol. The molecule has 0 unspecified atom stereocenters. The number of nitrogens with one attached hydrogen (secondary N) is 1. The summed E-state index contributed by atoms with van der Waals surface area (Å²) in [5.41, 5.74) is 7.45. The molecular weight excluding hydrogens is 200 g/mol. The zero-order valence-corrected chi connectivity index (χ0v) is 10.1. The van der Waals surface area contributed by atoms with Crippen LogP contribution in [0, 0.1) is 27.7 Å².